The van der Waals surface area contributed by atoms with Gasteiger partial charge in [0.25, 0.3) is 0 Å². The highest BCUT2D eigenvalue weighted by atomic mass is 15.3. The standard InChI is InChI=1S/C8H11N5/c1-6-4-13(8(9)11-6)7-3-10-12(2)5-7/h3-5H,1-2H3,(H2,9,11). The van der Waals surface area contributed by atoms with Crippen molar-refractivity contribution in [3.63, 3.8) is 0 Å². The number of nitrogens with zero attached hydrogens (tertiary/aromatic N) is 4. The molecule has 0 saturated heterocycles. The Labute approximate surface area is 75.8 Å². The summed E-state index contributed by atoms with van der Waals surface area (Å²) < 4.78 is 3.53. The van der Waals surface area contributed by atoms with Gasteiger partial charge >= 0.3 is 0 Å². The highest BCUT2D eigenvalue weighted by Gasteiger charge is 2.04. The van der Waals surface area contributed by atoms with Crippen LogP contribution in [-0.4, -0.2) is 19.3 Å². The zero-order valence-corrected chi connectivity index (χ0v) is 7.60. The molecule has 5 nitrogen and oxygen atoms in total. The third-order valence-corrected chi connectivity index (χ3v) is 1.82. The van der Waals surface area contributed by atoms with E-state index in [0.29, 0.717) is 5.95 Å². The maximum Gasteiger partial charge on any atom is 0.205 e. The second-order valence-electron chi connectivity index (χ2n) is 2.98. The van der Waals surface area contributed by atoms with Gasteiger partial charge in [0, 0.05) is 19.4 Å². The average Bonchev–Trinajstić information content (AvgIpc) is 2.58. The van der Waals surface area contributed by atoms with Gasteiger partial charge in [-0.15, -0.1) is 0 Å². The van der Waals surface area contributed by atoms with Gasteiger partial charge in [0.15, 0.2) is 0 Å². The quantitative estimate of drug-likeness (QED) is 0.689. The van der Waals surface area contributed by atoms with E-state index in [2.05, 4.69) is 10.1 Å². The molecule has 5 heteroatoms. The molecule has 0 unspecified atom stereocenters. The predicted molar refractivity (Wildman–Crippen MR) is 49.5 cm³/mol. The smallest absolute Gasteiger partial charge is 0.205 e. The zero-order valence-electron chi connectivity index (χ0n) is 7.60. The van der Waals surface area contributed by atoms with Crippen LogP contribution >= 0.6 is 0 Å². The fourth-order valence-corrected chi connectivity index (χ4v) is 1.26. The van der Waals surface area contributed by atoms with Gasteiger partial charge in [0.1, 0.15) is 0 Å². The van der Waals surface area contributed by atoms with Gasteiger partial charge in [0.2, 0.25) is 5.95 Å². The number of anilines is 1. The molecule has 0 aliphatic heterocycles. The maximum absolute atomic E-state index is 5.70. The molecule has 0 fully saturated rings. The number of hydrogen-bond donors (Lipinski definition) is 1. The van der Waals surface area contributed by atoms with Crippen LogP contribution in [0.2, 0.25) is 0 Å². The molecule has 0 aliphatic carbocycles. The lowest BCUT2D eigenvalue weighted by molar-refractivity contribution is 0.767. The van der Waals surface area contributed by atoms with Gasteiger partial charge in [-0.1, -0.05) is 0 Å². The number of aromatic nitrogens is 4. The highest BCUT2D eigenvalue weighted by molar-refractivity contribution is 5.37. The van der Waals surface area contributed by atoms with E-state index in [9.17, 15) is 0 Å². The van der Waals surface area contributed by atoms with E-state index in [-0.39, 0.29) is 0 Å². The van der Waals surface area contributed by atoms with E-state index in [1.807, 2.05) is 30.9 Å². The third kappa shape index (κ3) is 1.28. The summed E-state index contributed by atoms with van der Waals surface area (Å²) >= 11 is 0. The lowest BCUT2D eigenvalue weighted by Crippen LogP contribution is -1.98. The van der Waals surface area contributed by atoms with Crippen LogP contribution in [0.15, 0.2) is 18.6 Å². The summed E-state index contributed by atoms with van der Waals surface area (Å²) in [5.74, 6) is 0.491. The molecule has 2 aromatic rings. The third-order valence-electron chi connectivity index (χ3n) is 1.82. The number of aryl methyl sites for hydroxylation is 2. The Morgan fingerprint density at radius 3 is 2.62 bits per heavy atom. The van der Waals surface area contributed by atoms with Crippen molar-refractivity contribution in [1.82, 2.24) is 19.3 Å². The first-order valence-electron chi connectivity index (χ1n) is 3.97. The molecule has 68 valence electrons. The first-order valence-corrected chi connectivity index (χ1v) is 3.97. The Bertz CT molecular complexity index is 425. The number of imidazole rings is 1. The summed E-state index contributed by atoms with van der Waals surface area (Å²) in [5.41, 5.74) is 7.53. The molecule has 0 aliphatic rings. The molecule has 0 spiro atoms. The van der Waals surface area contributed by atoms with Crippen molar-refractivity contribution in [3.05, 3.63) is 24.3 Å². The van der Waals surface area contributed by atoms with Crippen LogP contribution in [0.3, 0.4) is 0 Å². The summed E-state index contributed by atoms with van der Waals surface area (Å²) in [7, 11) is 1.86. The fraction of sp³-hybridized carbons (Fsp3) is 0.250. The molecule has 0 bridgehead atoms. The van der Waals surface area contributed by atoms with Crippen LogP contribution in [0.1, 0.15) is 5.69 Å². The van der Waals surface area contributed by atoms with Crippen molar-refractivity contribution in [2.24, 2.45) is 7.05 Å². The van der Waals surface area contributed by atoms with E-state index in [1.54, 1.807) is 10.9 Å². The summed E-state index contributed by atoms with van der Waals surface area (Å²) in [5, 5.41) is 4.06. The molecular weight excluding hydrogens is 166 g/mol. The number of nitrogens with two attached hydrogens (primary N) is 1. The SMILES string of the molecule is Cc1cn(-c2cnn(C)c2)c(N)n1. The molecule has 0 radical (unpaired) electrons. The van der Waals surface area contributed by atoms with Gasteiger partial charge in [0.05, 0.1) is 17.6 Å². The van der Waals surface area contributed by atoms with Gasteiger partial charge in [-0.2, -0.15) is 5.10 Å². The van der Waals surface area contributed by atoms with Crippen LogP contribution in [0, 0.1) is 6.92 Å². The molecule has 0 atom stereocenters. The molecule has 2 rings (SSSR count). The summed E-state index contributed by atoms with van der Waals surface area (Å²) in [6, 6.07) is 0. The van der Waals surface area contributed by atoms with Crippen molar-refractivity contribution >= 4 is 5.95 Å². The van der Waals surface area contributed by atoms with Gasteiger partial charge in [-0.05, 0) is 6.92 Å². The van der Waals surface area contributed by atoms with Gasteiger partial charge < -0.3 is 5.73 Å². The minimum atomic E-state index is 0.491. The van der Waals surface area contributed by atoms with Gasteiger partial charge in [-0.3, -0.25) is 9.25 Å². The van der Waals surface area contributed by atoms with Crippen molar-refractivity contribution < 1.29 is 0 Å². The van der Waals surface area contributed by atoms with E-state index in [1.165, 1.54) is 0 Å². The lowest BCUT2D eigenvalue weighted by atomic mass is 10.5. The summed E-state index contributed by atoms with van der Waals surface area (Å²) in [6.45, 7) is 1.91. The first kappa shape index (κ1) is 7.85. The van der Waals surface area contributed by atoms with E-state index >= 15 is 0 Å². The molecular formula is C8H11N5. The van der Waals surface area contributed by atoms with Crippen molar-refractivity contribution in [2.75, 3.05) is 5.73 Å². The molecule has 0 saturated carbocycles. The van der Waals surface area contributed by atoms with Crippen LogP contribution in [0.25, 0.3) is 5.69 Å². The normalized spacial score (nSPS) is 10.6. The van der Waals surface area contributed by atoms with E-state index < -0.39 is 0 Å². The average molecular weight is 177 g/mol. The largest absolute Gasteiger partial charge is 0.369 e. The first-order chi connectivity index (χ1) is 6.16. The van der Waals surface area contributed by atoms with Crippen LogP contribution in [0.5, 0.6) is 0 Å². The number of nitrogen functional groups attached to an aromatic ring is 1. The molecule has 0 amide bonds. The predicted octanol–water partition coefficient (Wildman–Crippen LogP) is 0.496. The molecule has 13 heavy (non-hydrogen) atoms. The maximum atomic E-state index is 5.70. The topological polar surface area (TPSA) is 61.7 Å². The van der Waals surface area contributed by atoms with Crippen molar-refractivity contribution in [2.45, 2.75) is 6.92 Å². The second kappa shape index (κ2) is 2.62. The Morgan fingerprint density at radius 2 is 2.15 bits per heavy atom. The zero-order chi connectivity index (χ0) is 9.42. The molecule has 2 heterocycles. The van der Waals surface area contributed by atoms with Crippen LogP contribution < -0.4 is 5.73 Å². The van der Waals surface area contributed by atoms with E-state index in [0.717, 1.165) is 11.4 Å². The summed E-state index contributed by atoms with van der Waals surface area (Å²) in [6.07, 6.45) is 5.52. The lowest BCUT2D eigenvalue weighted by Gasteiger charge is -1.97. The molecule has 2 aromatic heterocycles. The van der Waals surface area contributed by atoms with Gasteiger partial charge in [-0.25, -0.2) is 4.98 Å². The number of hydrogen-bond acceptors (Lipinski definition) is 3. The van der Waals surface area contributed by atoms with E-state index in [4.69, 9.17) is 5.73 Å². The summed E-state index contributed by atoms with van der Waals surface area (Å²) in [4.78, 5) is 4.10. The Balaban J connectivity index is 2.51. The Morgan fingerprint density at radius 1 is 1.38 bits per heavy atom. The Kier molecular flexibility index (Phi) is 1.58. The van der Waals surface area contributed by atoms with Crippen LogP contribution in [-0.2, 0) is 7.05 Å². The molecule has 2 N–H and O–H groups in total. The monoisotopic (exact) mass is 177 g/mol. The highest BCUT2D eigenvalue weighted by Crippen LogP contribution is 2.12. The number of rotatable bonds is 1. The fourth-order valence-electron chi connectivity index (χ4n) is 1.26. The molecule has 0 aromatic carbocycles. The minimum Gasteiger partial charge on any atom is -0.369 e. The van der Waals surface area contributed by atoms with Crippen molar-refractivity contribution in [3.8, 4) is 5.69 Å². The second-order valence-corrected chi connectivity index (χ2v) is 2.98. The van der Waals surface area contributed by atoms with Crippen LogP contribution in [0.4, 0.5) is 5.95 Å². The Hall–Kier alpha value is -1.78. The van der Waals surface area contributed by atoms with Crippen molar-refractivity contribution in [1.29, 1.82) is 0 Å². The minimum absolute atomic E-state index is 0.491.